The summed E-state index contributed by atoms with van der Waals surface area (Å²) in [4.78, 5) is 23.0. The van der Waals surface area contributed by atoms with E-state index in [1.54, 1.807) is 12.1 Å². The van der Waals surface area contributed by atoms with E-state index in [2.05, 4.69) is 10.6 Å². The molecule has 1 aromatic rings. The molecule has 0 spiro atoms. The van der Waals surface area contributed by atoms with E-state index in [1.807, 2.05) is 36.4 Å². The number of phenolic OH excluding ortho intramolecular Hbond substituents is 1. The van der Waals surface area contributed by atoms with Gasteiger partial charge in [0.05, 0.1) is 10.1 Å². The summed E-state index contributed by atoms with van der Waals surface area (Å²) >= 11 is 1.96. The van der Waals surface area contributed by atoms with Crippen molar-refractivity contribution in [3.8, 4) is 5.75 Å². The molecule has 3 N–H and O–H groups in total. The SMILES string of the molecule is CC(C)NC(=O)CNC(=O)c1ccc(I)c(O)c1. The molecule has 18 heavy (non-hydrogen) atoms. The normalized spacial score (nSPS) is 10.2. The summed E-state index contributed by atoms with van der Waals surface area (Å²) in [5, 5.41) is 14.6. The number of carbonyl (C=O) groups excluding carboxylic acids is 2. The van der Waals surface area contributed by atoms with Crippen LogP contribution in [-0.4, -0.2) is 29.5 Å². The Morgan fingerprint density at radius 3 is 2.61 bits per heavy atom. The summed E-state index contributed by atoms with van der Waals surface area (Å²) in [6.45, 7) is 3.61. The molecule has 1 rings (SSSR count). The van der Waals surface area contributed by atoms with Crippen molar-refractivity contribution in [2.45, 2.75) is 19.9 Å². The van der Waals surface area contributed by atoms with Gasteiger partial charge in [0.15, 0.2) is 0 Å². The molecule has 0 fully saturated rings. The van der Waals surface area contributed by atoms with Crippen molar-refractivity contribution in [1.82, 2.24) is 10.6 Å². The number of hydrogen-bond donors (Lipinski definition) is 3. The fourth-order valence-electron chi connectivity index (χ4n) is 1.29. The fourth-order valence-corrected chi connectivity index (χ4v) is 1.63. The molecule has 0 bridgehead atoms. The van der Waals surface area contributed by atoms with E-state index in [0.717, 1.165) is 0 Å². The van der Waals surface area contributed by atoms with Gasteiger partial charge >= 0.3 is 0 Å². The van der Waals surface area contributed by atoms with E-state index in [1.165, 1.54) is 6.07 Å². The second-order valence-electron chi connectivity index (χ2n) is 4.07. The monoisotopic (exact) mass is 362 g/mol. The third kappa shape index (κ3) is 4.52. The van der Waals surface area contributed by atoms with Crippen LogP contribution in [0.2, 0.25) is 0 Å². The second-order valence-corrected chi connectivity index (χ2v) is 5.23. The lowest BCUT2D eigenvalue weighted by molar-refractivity contribution is -0.120. The molecule has 0 saturated heterocycles. The zero-order valence-electron chi connectivity index (χ0n) is 10.2. The molecule has 5 nitrogen and oxygen atoms in total. The van der Waals surface area contributed by atoms with Gasteiger partial charge in [-0.15, -0.1) is 0 Å². The summed E-state index contributed by atoms with van der Waals surface area (Å²) in [5.74, 6) is -0.580. The van der Waals surface area contributed by atoms with Crippen molar-refractivity contribution in [3.05, 3.63) is 27.3 Å². The number of benzene rings is 1. The number of amides is 2. The molecule has 0 aliphatic carbocycles. The zero-order chi connectivity index (χ0) is 13.7. The Balaban J connectivity index is 2.55. The Morgan fingerprint density at radius 1 is 1.39 bits per heavy atom. The zero-order valence-corrected chi connectivity index (χ0v) is 12.3. The van der Waals surface area contributed by atoms with Crippen LogP contribution < -0.4 is 10.6 Å². The maximum Gasteiger partial charge on any atom is 0.251 e. The van der Waals surface area contributed by atoms with E-state index >= 15 is 0 Å². The van der Waals surface area contributed by atoms with Crippen LogP contribution in [0.5, 0.6) is 5.75 Å². The van der Waals surface area contributed by atoms with E-state index in [4.69, 9.17) is 0 Å². The molecular weight excluding hydrogens is 347 g/mol. The van der Waals surface area contributed by atoms with Gasteiger partial charge in [0.25, 0.3) is 5.91 Å². The molecule has 0 heterocycles. The molecule has 0 aromatic heterocycles. The number of carbonyl (C=O) groups is 2. The topological polar surface area (TPSA) is 78.4 Å². The minimum absolute atomic E-state index is 0.0387. The highest BCUT2D eigenvalue weighted by Crippen LogP contribution is 2.20. The average molecular weight is 362 g/mol. The van der Waals surface area contributed by atoms with Gasteiger partial charge in [0.2, 0.25) is 5.91 Å². The van der Waals surface area contributed by atoms with Crippen LogP contribution in [0.25, 0.3) is 0 Å². The van der Waals surface area contributed by atoms with Crippen LogP contribution in [-0.2, 0) is 4.79 Å². The highest BCUT2D eigenvalue weighted by atomic mass is 127. The molecule has 0 aliphatic rings. The van der Waals surface area contributed by atoms with Gasteiger partial charge in [-0.05, 0) is 54.6 Å². The Bertz CT molecular complexity index is 461. The van der Waals surface area contributed by atoms with Gasteiger partial charge in [-0.1, -0.05) is 0 Å². The highest BCUT2D eigenvalue weighted by molar-refractivity contribution is 14.1. The van der Waals surface area contributed by atoms with Crippen LogP contribution in [0.1, 0.15) is 24.2 Å². The third-order valence-electron chi connectivity index (χ3n) is 2.07. The number of rotatable bonds is 4. The lowest BCUT2D eigenvalue weighted by atomic mass is 10.2. The van der Waals surface area contributed by atoms with Gasteiger partial charge < -0.3 is 15.7 Å². The lowest BCUT2D eigenvalue weighted by Crippen LogP contribution is -2.39. The third-order valence-corrected chi connectivity index (χ3v) is 2.98. The Hall–Kier alpha value is -1.31. The van der Waals surface area contributed by atoms with Crippen molar-refractivity contribution in [3.63, 3.8) is 0 Å². The van der Waals surface area contributed by atoms with Crippen LogP contribution in [0.3, 0.4) is 0 Å². The number of phenols is 1. The first-order valence-corrected chi connectivity index (χ1v) is 6.54. The standard InChI is InChI=1S/C12H15IN2O3/c1-7(2)15-11(17)6-14-12(18)8-3-4-9(13)10(16)5-8/h3-5,7,16H,6H2,1-2H3,(H,14,18)(H,15,17). The molecule has 0 atom stereocenters. The van der Waals surface area contributed by atoms with Gasteiger partial charge in [-0.25, -0.2) is 0 Å². The first-order chi connectivity index (χ1) is 8.40. The van der Waals surface area contributed by atoms with Crippen molar-refractivity contribution in [1.29, 1.82) is 0 Å². The largest absolute Gasteiger partial charge is 0.507 e. The molecule has 98 valence electrons. The number of halogens is 1. The van der Waals surface area contributed by atoms with Crippen molar-refractivity contribution in [2.24, 2.45) is 0 Å². The first-order valence-electron chi connectivity index (χ1n) is 5.46. The number of nitrogens with one attached hydrogen (secondary N) is 2. The van der Waals surface area contributed by atoms with Gasteiger partial charge in [0, 0.05) is 11.6 Å². The predicted molar refractivity (Wildman–Crippen MR) is 76.4 cm³/mol. The van der Waals surface area contributed by atoms with E-state index in [9.17, 15) is 14.7 Å². The second kappa shape index (κ2) is 6.58. The van der Waals surface area contributed by atoms with Gasteiger partial charge in [-0.3, -0.25) is 9.59 Å². The molecular formula is C12H15IN2O3. The highest BCUT2D eigenvalue weighted by Gasteiger charge is 2.10. The van der Waals surface area contributed by atoms with Crippen molar-refractivity contribution in [2.75, 3.05) is 6.54 Å². The van der Waals surface area contributed by atoms with E-state index in [-0.39, 0.29) is 30.2 Å². The summed E-state index contributed by atoms with van der Waals surface area (Å²) in [6, 6.07) is 4.64. The Morgan fingerprint density at radius 2 is 2.06 bits per heavy atom. The molecule has 0 aliphatic heterocycles. The van der Waals surface area contributed by atoms with E-state index in [0.29, 0.717) is 9.13 Å². The molecule has 0 saturated carbocycles. The van der Waals surface area contributed by atoms with Crippen LogP contribution in [0.4, 0.5) is 0 Å². The van der Waals surface area contributed by atoms with Gasteiger partial charge in [0.1, 0.15) is 5.75 Å². The summed E-state index contributed by atoms with van der Waals surface area (Å²) in [7, 11) is 0. The summed E-state index contributed by atoms with van der Waals surface area (Å²) < 4.78 is 0.668. The van der Waals surface area contributed by atoms with E-state index < -0.39 is 0 Å². The van der Waals surface area contributed by atoms with Crippen molar-refractivity contribution < 1.29 is 14.7 Å². The minimum Gasteiger partial charge on any atom is -0.507 e. The molecule has 0 unspecified atom stereocenters. The maximum atomic E-state index is 11.7. The Kier molecular flexibility index (Phi) is 5.39. The molecule has 6 heteroatoms. The molecule has 0 radical (unpaired) electrons. The summed E-state index contributed by atoms with van der Waals surface area (Å²) in [5.41, 5.74) is 0.324. The maximum absolute atomic E-state index is 11.7. The minimum atomic E-state index is -0.388. The quantitative estimate of drug-likeness (QED) is 0.706. The number of aromatic hydroxyl groups is 1. The fraction of sp³-hybridized carbons (Fsp3) is 0.333. The Labute approximate surface area is 119 Å². The molecule has 2 amide bonds. The van der Waals surface area contributed by atoms with Crippen LogP contribution >= 0.6 is 22.6 Å². The summed E-state index contributed by atoms with van der Waals surface area (Å²) in [6.07, 6.45) is 0. The smallest absolute Gasteiger partial charge is 0.251 e. The predicted octanol–water partition coefficient (Wildman–Crippen LogP) is 1.25. The van der Waals surface area contributed by atoms with Gasteiger partial charge in [-0.2, -0.15) is 0 Å². The number of hydrogen-bond acceptors (Lipinski definition) is 3. The average Bonchev–Trinajstić information content (AvgIpc) is 2.28. The lowest BCUT2D eigenvalue weighted by Gasteiger charge is -2.09. The van der Waals surface area contributed by atoms with Crippen LogP contribution in [0.15, 0.2) is 18.2 Å². The van der Waals surface area contributed by atoms with Crippen molar-refractivity contribution >= 4 is 34.4 Å². The molecule has 1 aromatic carbocycles. The first kappa shape index (κ1) is 14.7. The van der Waals surface area contributed by atoms with Crippen LogP contribution in [0, 0.1) is 3.57 Å².